The van der Waals surface area contributed by atoms with Crippen LogP contribution in [-0.4, -0.2) is 50.1 Å². The predicted octanol–water partition coefficient (Wildman–Crippen LogP) is 2.69. The van der Waals surface area contributed by atoms with Crippen molar-refractivity contribution in [2.75, 3.05) is 33.3 Å². The van der Waals surface area contributed by atoms with Crippen LogP contribution in [0, 0.1) is 17.7 Å². The number of likely N-dealkylation sites (tertiary alicyclic amines) is 1. The fourth-order valence-electron chi connectivity index (χ4n) is 2.97. The molecule has 0 spiro atoms. The summed E-state index contributed by atoms with van der Waals surface area (Å²) in [7, 11) is 1.43. The van der Waals surface area contributed by atoms with Crippen LogP contribution in [0.5, 0.6) is 0 Å². The zero-order valence-electron chi connectivity index (χ0n) is 15.0. The van der Waals surface area contributed by atoms with Crippen LogP contribution >= 0.6 is 24.0 Å². The number of carbonyl (C=O) groups is 1. The number of carbonyl (C=O) groups excluding carboxylic acids is 1. The highest BCUT2D eigenvalue weighted by Crippen LogP contribution is 2.24. The second kappa shape index (κ2) is 10.6. The van der Waals surface area contributed by atoms with Gasteiger partial charge in [-0.05, 0) is 37.0 Å². The van der Waals surface area contributed by atoms with E-state index in [4.69, 9.17) is 4.74 Å². The average molecular weight is 463 g/mol. The van der Waals surface area contributed by atoms with Gasteiger partial charge in [0.05, 0.1) is 13.0 Å². The highest BCUT2D eigenvalue weighted by atomic mass is 127. The van der Waals surface area contributed by atoms with E-state index in [1.807, 2.05) is 6.92 Å². The molecule has 0 aliphatic carbocycles. The third-order valence-corrected chi connectivity index (χ3v) is 4.33. The minimum atomic E-state index is -0.226. The van der Waals surface area contributed by atoms with Gasteiger partial charge in [0.2, 0.25) is 0 Å². The Balaban J connectivity index is 0.00000312. The van der Waals surface area contributed by atoms with Gasteiger partial charge < -0.3 is 15.0 Å². The molecule has 0 radical (unpaired) electrons. The Morgan fingerprint density at radius 1 is 1.36 bits per heavy atom. The van der Waals surface area contributed by atoms with Crippen LogP contribution in [0.4, 0.5) is 4.39 Å². The van der Waals surface area contributed by atoms with Gasteiger partial charge in [-0.1, -0.05) is 19.1 Å². The number of esters is 1. The van der Waals surface area contributed by atoms with Gasteiger partial charge in [-0.15, -0.1) is 24.0 Å². The largest absolute Gasteiger partial charge is 0.469 e. The zero-order valence-corrected chi connectivity index (χ0v) is 17.3. The minimum Gasteiger partial charge on any atom is -0.469 e. The maximum atomic E-state index is 12.9. The number of nitrogens with zero attached hydrogens (tertiary/aromatic N) is 2. The molecule has 1 saturated heterocycles. The van der Waals surface area contributed by atoms with Crippen molar-refractivity contribution in [1.29, 1.82) is 0 Å². The lowest BCUT2D eigenvalue weighted by atomic mass is 9.99. The third kappa shape index (κ3) is 6.13. The number of aliphatic imine (C=N–C) groups is 1. The van der Waals surface area contributed by atoms with Crippen LogP contribution in [0.2, 0.25) is 0 Å². The normalized spacial score (nSPS) is 20.2. The molecule has 0 amide bonds. The first-order valence-corrected chi connectivity index (χ1v) is 8.40. The van der Waals surface area contributed by atoms with Gasteiger partial charge in [-0.25, -0.2) is 4.39 Å². The van der Waals surface area contributed by atoms with E-state index in [9.17, 15) is 9.18 Å². The molecular weight excluding hydrogens is 436 g/mol. The number of ether oxygens (including phenoxy) is 1. The molecule has 1 aromatic carbocycles. The van der Waals surface area contributed by atoms with Crippen molar-refractivity contribution in [3.63, 3.8) is 0 Å². The van der Waals surface area contributed by atoms with Crippen molar-refractivity contribution in [2.45, 2.75) is 20.3 Å². The van der Waals surface area contributed by atoms with E-state index < -0.39 is 0 Å². The van der Waals surface area contributed by atoms with Gasteiger partial charge >= 0.3 is 5.97 Å². The SMILES string of the molecule is CCNC(=NCCc1ccc(F)cc1)N1CC(C)C(C(=O)OC)C1.I. The summed E-state index contributed by atoms with van der Waals surface area (Å²) in [6.07, 6.45) is 0.749. The van der Waals surface area contributed by atoms with Crippen LogP contribution in [0.25, 0.3) is 0 Å². The van der Waals surface area contributed by atoms with E-state index >= 15 is 0 Å². The summed E-state index contributed by atoms with van der Waals surface area (Å²) in [6.45, 7) is 6.86. The number of rotatable bonds is 5. The Morgan fingerprint density at radius 2 is 2.04 bits per heavy atom. The molecule has 1 aliphatic rings. The molecule has 2 atom stereocenters. The quantitative estimate of drug-likeness (QED) is 0.316. The lowest BCUT2D eigenvalue weighted by Crippen LogP contribution is -2.40. The molecule has 2 rings (SSSR count). The van der Waals surface area contributed by atoms with Crippen molar-refractivity contribution in [3.05, 3.63) is 35.6 Å². The van der Waals surface area contributed by atoms with Gasteiger partial charge in [0.25, 0.3) is 0 Å². The van der Waals surface area contributed by atoms with Gasteiger partial charge in [0, 0.05) is 26.2 Å². The molecule has 1 heterocycles. The molecule has 0 aromatic heterocycles. The molecule has 1 N–H and O–H groups in total. The van der Waals surface area contributed by atoms with E-state index in [1.165, 1.54) is 19.2 Å². The van der Waals surface area contributed by atoms with Crippen LogP contribution < -0.4 is 5.32 Å². The number of benzene rings is 1. The van der Waals surface area contributed by atoms with Crippen LogP contribution in [0.1, 0.15) is 19.4 Å². The molecule has 1 fully saturated rings. The lowest BCUT2D eigenvalue weighted by molar-refractivity contribution is -0.145. The molecular formula is C18H27FIN3O2. The molecule has 25 heavy (non-hydrogen) atoms. The molecule has 0 saturated carbocycles. The topological polar surface area (TPSA) is 53.9 Å². The van der Waals surface area contributed by atoms with Gasteiger partial charge in [0.1, 0.15) is 5.82 Å². The van der Waals surface area contributed by atoms with Crippen LogP contribution in [-0.2, 0) is 16.0 Å². The zero-order chi connectivity index (χ0) is 17.5. The number of hydrogen-bond acceptors (Lipinski definition) is 3. The summed E-state index contributed by atoms with van der Waals surface area (Å²) in [4.78, 5) is 18.6. The first-order valence-electron chi connectivity index (χ1n) is 8.40. The standard InChI is InChI=1S/C18H26FN3O2.HI/c1-4-20-18(21-10-9-14-5-7-15(19)8-6-14)22-11-13(2)16(12-22)17(23)24-3;/h5-8,13,16H,4,9-12H2,1-3H3,(H,20,21);1H. The van der Waals surface area contributed by atoms with Crippen molar-refractivity contribution in [2.24, 2.45) is 16.8 Å². The van der Waals surface area contributed by atoms with E-state index in [1.54, 1.807) is 12.1 Å². The first-order chi connectivity index (χ1) is 11.5. The van der Waals surface area contributed by atoms with Crippen LogP contribution in [0.3, 0.4) is 0 Å². The molecule has 2 unspecified atom stereocenters. The van der Waals surface area contributed by atoms with E-state index in [2.05, 4.69) is 22.1 Å². The predicted molar refractivity (Wildman–Crippen MR) is 108 cm³/mol. The second-order valence-electron chi connectivity index (χ2n) is 6.12. The van der Waals surface area contributed by atoms with Gasteiger partial charge in [-0.3, -0.25) is 9.79 Å². The molecule has 7 heteroatoms. The number of hydrogen-bond donors (Lipinski definition) is 1. The molecule has 140 valence electrons. The summed E-state index contributed by atoms with van der Waals surface area (Å²) in [6, 6.07) is 6.49. The highest BCUT2D eigenvalue weighted by molar-refractivity contribution is 14.0. The average Bonchev–Trinajstić information content (AvgIpc) is 2.97. The minimum absolute atomic E-state index is 0. The maximum absolute atomic E-state index is 12.9. The monoisotopic (exact) mass is 463 g/mol. The number of nitrogens with one attached hydrogen (secondary N) is 1. The number of halogens is 2. The molecule has 1 aromatic rings. The summed E-state index contributed by atoms with van der Waals surface area (Å²) >= 11 is 0. The van der Waals surface area contributed by atoms with Crippen molar-refractivity contribution >= 4 is 35.9 Å². The smallest absolute Gasteiger partial charge is 0.310 e. The van der Waals surface area contributed by atoms with E-state index in [-0.39, 0.29) is 47.6 Å². The summed E-state index contributed by atoms with van der Waals surface area (Å²) in [5, 5.41) is 3.28. The van der Waals surface area contributed by atoms with Crippen molar-refractivity contribution in [1.82, 2.24) is 10.2 Å². The third-order valence-electron chi connectivity index (χ3n) is 4.33. The van der Waals surface area contributed by atoms with Crippen LogP contribution in [0.15, 0.2) is 29.3 Å². The highest BCUT2D eigenvalue weighted by Gasteiger charge is 2.36. The molecule has 5 nitrogen and oxygen atoms in total. The second-order valence-corrected chi connectivity index (χ2v) is 6.12. The first kappa shape index (κ1) is 21.7. The van der Waals surface area contributed by atoms with E-state index in [0.717, 1.165) is 31.0 Å². The van der Waals surface area contributed by atoms with Crippen molar-refractivity contribution < 1.29 is 13.9 Å². The fraction of sp³-hybridized carbons (Fsp3) is 0.556. The Bertz CT molecular complexity index is 580. The fourth-order valence-corrected chi connectivity index (χ4v) is 2.97. The molecule has 1 aliphatic heterocycles. The van der Waals surface area contributed by atoms with Crippen molar-refractivity contribution in [3.8, 4) is 0 Å². The summed E-state index contributed by atoms with van der Waals surface area (Å²) in [5.41, 5.74) is 1.05. The Morgan fingerprint density at radius 3 is 2.64 bits per heavy atom. The maximum Gasteiger partial charge on any atom is 0.310 e. The summed E-state index contributed by atoms with van der Waals surface area (Å²) < 4.78 is 17.8. The van der Waals surface area contributed by atoms with E-state index in [0.29, 0.717) is 13.1 Å². The van der Waals surface area contributed by atoms with Gasteiger partial charge in [-0.2, -0.15) is 0 Å². The Labute approximate surface area is 166 Å². The summed E-state index contributed by atoms with van der Waals surface area (Å²) in [5.74, 6) is 0.551. The van der Waals surface area contributed by atoms with Gasteiger partial charge in [0.15, 0.2) is 5.96 Å². The molecule has 0 bridgehead atoms. The number of guanidine groups is 1. The Kier molecular flexibility index (Phi) is 9.16. The lowest BCUT2D eigenvalue weighted by Gasteiger charge is -2.21. The Hall–Kier alpha value is -1.38. The number of methoxy groups -OCH3 is 1.